The van der Waals surface area contributed by atoms with Gasteiger partial charge in [-0.2, -0.15) is 0 Å². The maximum absolute atomic E-state index is 5.42. The third-order valence-electron chi connectivity index (χ3n) is 1.89. The zero-order chi connectivity index (χ0) is 9.68. The van der Waals surface area contributed by atoms with Crippen LogP contribution in [0.25, 0.3) is 0 Å². The molecule has 0 atom stereocenters. The number of aromatic nitrogens is 1. The van der Waals surface area contributed by atoms with E-state index in [1.165, 1.54) is 0 Å². The molecule has 0 aliphatic carbocycles. The molecule has 1 aliphatic rings. The summed E-state index contributed by atoms with van der Waals surface area (Å²) in [6.45, 7) is 6.85. The van der Waals surface area contributed by atoms with Crippen molar-refractivity contribution in [3.05, 3.63) is 23.5 Å². The van der Waals surface area contributed by atoms with E-state index in [1.807, 2.05) is 32.9 Å². The largest absolute Gasteiger partial charge is 0.492 e. The molecule has 2 heterocycles. The summed E-state index contributed by atoms with van der Waals surface area (Å²) in [7, 11) is 0. The topological polar surface area (TPSA) is 22.1 Å². The predicted octanol–water partition coefficient (Wildman–Crippen LogP) is 2.74. The van der Waals surface area contributed by atoms with Gasteiger partial charge in [0.1, 0.15) is 5.75 Å². The van der Waals surface area contributed by atoms with Crippen LogP contribution in [0, 0.1) is 6.92 Å². The maximum Gasteiger partial charge on any atom is 0.140 e. The van der Waals surface area contributed by atoms with E-state index in [-0.39, 0.29) is 0 Å². The van der Waals surface area contributed by atoms with Crippen LogP contribution >= 0.6 is 0 Å². The van der Waals surface area contributed by atoms with Gasteiger partial charge in [0.2, 0.25) is 0 Å². The van der Waals surface area contributed by atoms with Gasteiger partial charge in [-0.1, -0.05) is 13.8 Å². The Morgan fingerprint density at radius 1 is 1.31 bits per heavy atom. The minimum absolute atomic E-state index is 0.845. The molecule has 0 amide bonds. The Morgan fingerprint density at radius 3 is 2.85 bits per heavy atom. The molecule has 0 radical (unpaired) electrons. The Hall–Kier alpha value is -1.05. The van der Waals surface area contributed by atoms with Crippen molar-refractivity contribution in [2.75, 3.05) is 6.61 Å². The molecule has 0 fully saturated rings. The van der Waals surface area contributed by atoms with E-state index < -0.39 is 0 Å². The molecule has 0 spiro atoms. The van der Waals surface area contributed by atoms with E-state index in [4.69, 9.17) is 4.74 Å². The molecule has 72 valence electrons. The Morgan fingerprint density at radius 2 is 2.08 bits per heavy atom. The van der Waals surface area contributed by atoms with E-state index >= 15 is 0 Å². The molecule has 0 saturated carbocycles. The van der Waals surface area contributed by atoms with Crippen LogP contribution in [0.5, 0.6) is 5.75 Å². The van der Waals surface area contributed by atoms with Crippen molar-refractivity contribution < 1.29 is 4.74 Å². The lowest BCUT2D eigenvalue weighted by Gasteiger charge is -2.15. The number of ether oxygens (including phenoxy) is 1. The number of nitrogens with zero attached hydrogens (tertiary/aromatic N) is 1. The van der Waals surface area contributed by atoms with Gasteiger partial charge >= 0.3 is 0 Å². The number of hydrogen-bond acceptors (Lipinski definition) is 2. The molecule has 2 rings (SSSR count). The van der Waals surface area contributed by atoms with Gasteiger partial charge in [-0.05, 0) is 31.9 Å². The normalized spacial score (nSPS) is 13.5. The van der Waals surface area contributed by atoms with Crippen LogP contribution in [0.3, 0.4) is 0 Å². The zero-order valence-corrected chi connectivity index (χ0v) is 8.63. The predicted molar refractivity (Wildman–Crippen MR) is 54.1 cm³/mol. The first kappa shape index (κ1) is 10.0. The minimum Gasteiger partial charge on any atom is -0.492 e. The van der Waals surface area contributed by atoms with Crippen molar-refractivity contribution in [1.82, 2.24) is 4.98 Å². The summed E-state index contributed by atoms with van der Waals surface area (Å²) >= 11 is 0. The molecular formula is C11H17NO. The van der Waals surface area contributed by atoms with Crippen LogP contribution in [-0.2, 0) is 6.42 Å². The Bertz CT molecular complexity index is 271. The van der Waals surface area contributed by atoms with E-state index in [9.17, 15) is 0 Å². The summed E-state index contributed by atoms with van der Waals surface area (Å²) in [6, 6.07) is 4.00. The second-order valence-corrected chi connectivity index (χ2v) is 2.85. The highest BCUT2D eigenvalue weighted by Gasteiger charge is 2.10. The van der Waals surface area contributed by atoms with Crippen molar-refractivity contribution in [2.24, 2.45) is 0 Å². The average Bonchev–Trinajstić information content (AvgIpc) is 2.21. The van der Waals surface area contributed by atoms with Gasteiger partial charge in [0.05, 0.1) is 12.3 Å². The number of pyridine rings is 1. The molecule has 0 unspecified atom stereocenters. The lowest BCUT2D eigenvalue weighted by molar-refractivity contribution is 0.284. The van der Waals surface area contributed by atoms with Gasteiger partial charge in [-0.3, -0.25) is 4.98 Å². The molecular weight excluding hydrogens is 162 g/mol. The monoisotopic (exact) mass is 179 g/mol. The van der Waals surface area contributed by atoms with Crippen LogP contribution in [-0.4, -0.2) is 11.6 Å². The SMILES string of the molecule is CC.Cc1ccc2c(n1)CCCO2. The second kappa shape index (κ2) is 4.85. The van der Waals surface area contributed by atoms with E-state index in [0.717, 1.165) is 36.6 Å². The first-order valence-electron chi connectivity index (χ1n) is 4.95. The maximum atomic E-state index is 5.42. The quantitative estimate of drug-likeness (QED) is 0.611. The molecule has 0 aromatic carbocycles. The summed E-state index contributed by atoms with van der Waals surface area (Å²) in [5, 5.41) is 0. The van der Waals surface area contributed by atoms with Crippen molar-refractivity contribution in [3.8, 4) is 5.75 Å². The fourth-order valence-corrected chi connectivity index (χ4v) is 1.33. The lowest BCUT2D eigenvalue weighted by atomic mass is 10.1. The third-order valence-corrected chi connectivity index (χ3v) is 1.89. The van der Waals surface area contributed by atoms with Gasteiger partial charge in [-0.25, -0.2) is 0 Å². The van der Waals surface area contributed by atoms with Gasteiger partial charge in [-0.15, -0.1) is 0 Å². The second-order valence-electron chi connectivity index (χ2n) is 2.85. The molecule has 2 nitrogen and oxygen atoms in total. The molecule has 2 heteroatoms. The fraction of sp³-hybridized carbons (Fsp3) is 0.545. The zero-order valence-electron chi connectivity index (χ0n) is 8.63. The van der Waals surface area contributed by atoms with Crippen LogP contribution in [0.4, 0.5) is 0 Å². The minimum atomic E-state index is 0.845. The highest BCUT2D eigenvalue weighted by molar-refractivity contribution is 5.30. The van der Waals surface area contributed by atoms with E-state index in [2.05, 4.69) is 4.98 Å². The molecule has 1 aromatic heterocycles. The summed E-state index contributed by atoms with van der Waals surface area (Å²) in [6.07, 6.45) is 2.17. The van der Waals surface area contributed by atoms with E-state index in [0.29, 0.717) is 0 Å². The van der Waals surface area contributed by atoms with Crippen molar-refractivity contribution in [1.29, 1.82) is 0 Å². The average molecular weight is 179 g/mol. The van der Waals surface area contributed by atoms with Gasteiger partial charge in [0, 0.05) is 5.69 Å². The van der Waals surface area contributed by atoms with Crippen LogP contribution in [0.2, 0.25) is 0 Å². The van der Waals surface area contributed by atoms with Crippen molar-refractivity contribution >= 4 is 0 Å². The van der Waals surface area contributed by atoms with Crippen LogP contribution in [0.15, 0.2) is 12.1 Å². The van der Waals surface area contributed by atoms with E-state index in [1.54, 1.807) is 0 Å². The Labute approximate surface area is 80.0 Å². The van der Waals surface area contributed by atoms with Crippen LogP contribution in [0.1, 0.15) is 31.7 Å². The van der Waals surface area contributed by atoms with Crippen LogP contribution < -0.4 is 4.74 Å². The molecule has 1 aliphatic heterocycles. The molecule has 0 N–H and O–H groups in total. The summed E-state index contributed by atoms with van der Waals surface area (Å²) in [5.74, 6) is 0.974. The van der Waals surface area contributed by atoms with Gasteiger partial charge in [0.15, 0.2) is 0 Å². The summed E-state index contributed by atoms with van der Waals surface area (Å²) in [4.78, 5) is 4.39. The first-order valence-corrected chi connectivity index (χ1v) is 4.95. The highest BCUT2D eigenvalue weighted by Crippen LogP contribution is 2.22. The Balaban J connectivity index is 0.000000396. The molecule has 1 aromatic rings. The highest BCUT2D eigenvalue weighted by atomic mass is 16.5. The number of aryl methyl sites for hydroxylation is 2. The van der Waals surface area contributed by atoms with Crippen molar-refractivity contribution in [2.45, 2.75) is 33.6 Å². The summed E-state index contributed by atoms with van der Waals surface area (Å²) < 4.78 is 5.42. The molecule has 13 heavy (non-hydrogen) atoms. The van der Waals surface area contributed by atoms with Gasteiger partial charge in [0.25, 0.3) is 0 Å². The van der Waals surface area contributed by atoms with Crippen molar-refractivity contribution in [3.63, 3.8) is 0 Å². The first-order chi connectivity index (χ1) is 6.36. The molecule has 0 bridgehead atoms. The summed E-state index contributed by atoms with van der Waals surface area (Å²) in [5.41, 5.74) is 2.20. The lowest BCUT2D eigenvalue weighted by Crippen LogP contribution is -2.10. The standard InChI is InChI=1S/C9H11NO.C2H6/c1-7-4-5-9-8(10-7)3-2-6-11-9;1-2/h4-5H,2-3,6H2,1H3;1-2H3. The molecule has 0 saturated heterocycles. The number of fused-ring (bicyclic) bond motifs is 1. The Kier molecular flexibility index (Phi) is 3.74. The third kappa shape index (κ3) is 2.44. The smallest absolute Gasteiger partial charge is 0.140 e. The number of hydrogen-bond donors (Lipinski definition) is 0. The fourth-order valence-electron chi connectivity index (χ4n) is 1.33. The van der Waals surface area contributed by atoms with Gasteiger partial charge < -0.3 is 4.74 Å². The number of rotatable bonds is 0.